The number of hydrogen-bond acceptors (Lipinski definition) is 3. The number of aromatic nitrogens is 4. The fourth-order valence-electron chi connectivity index (χ4n) is 1.67. The zero-order chi connectivity index (χ0) is 12.3. The predicted molar refractivity (Wildman–Crippen MR) is 64.5 cm³/mol. The molecule has 0 aliphatic rings. The van der Waals surface area contributed by atoms with Gasteiger partial charge in [0.25, 0.3) is 0 Å². The second kappa shape index (κ2) is 5.14. The van der Waals surface area contributed by atoms with E-state index in [1.54, 1.807) is 12.4 Å². The molecule has 0 aliphatic heterocycles. The maximum Gasteiger partial charge on any atom is 0.135 e. The van der Waals surface area contributed by atoms with Crippen molar-refractivity contribution in [2.45, 2.75) is 38.8 Å². The average molecular weight is 234 g/mol. The lowest BCUT2D eigenvalue weighted by Crippen LogP contribution is -2.07. The lowest BCUT2D eigenvalue weighted by molar-refractivity contribution is 0.168. The number of nitrogens with one attached hydrogen (secondary N) is 1. The highest BCUT2D eigenvalue weighted by molar-refractivity contribution is 5.05. The Morgan fingerprint density at radius 3 is 3.00 bits per heavy atom. The third kappa shape index (κ3) is 2.74. The number of aliphatic hydroxyl groups excluding tert-OH is 1. The highest BCUT2D eigenvalue weighted by Crippen LogP contribution is 2.15. The van der Waals surface area contributed by atoms with Crippen molar-refractivity contribution in [1.82, 2.24) is 19.7 Å². The Morgan fingerprint density at radius 1 is 1.53 bits per heavy atom. The van der Waals surface area contributed by atoms with Gasteiger partial charge in [-0.05, 0) is 19.4 Å². The fourth-order valence-corrected chi connectivity index (χ4v) is 1.67. The van der Waals surface area contributed by atoms with Gasteiger partial charge in [-0.15, -0.1) is 0 Å². The van der Waals surface area contributed by atoms with Crippen LogP contribution in [0.15, 0.2) is 24.7 Å². The Labute approximate surface area is 101 Å². The van der Waals surface area contributed by atoms with E-state index in [2.05, 4.69) is 28.9 Å². The van der Waals surface area contributed by atoms with E-state index in [9.17, 15) is 5.11 Å². The van der Waals surface area contributed by atoms with E-state index in [1.165, 1.54) is 0 Å². The lowest BCUT2D eigenvalue weighted by atomic mass is 10.2. The van der Waals surface area contributed by atoms with Gasteiger partial charge in [0.05, 0.1) is 5.69 Å². The van der Waals surface area contributed by atoms with Gasteiger partial charge in [-0.1, -0.05) is 6.92 Å². The lowest BCUT2D eigenvalue weighted by Gasteiger charge is -2.09. The Hall–Kier alpha value is -1.62. The topological polar surface area (TPSA) is 66.7 Å². The van der Waals surface area contributed by atoms with E-state index in [4.69, 9.17) is 0 Å². The fraction of sp³-hybridized carbons (Fsp3) is 0.500. The molecule has 0 fully saturated rings. The summed E-state index contributed by atoms with van der Waals surface area (Å²) in [6.45, 7) is 4.25. The van der Waals surface area contributed by atoms with Crippen molar-refractivity contribution in [1.29, 1.82) is 0 Å². The first-order valence-corrected chi connectivity index (χ1v) is 5.92. The first kappa shape index (κ1) is 11.9. The molecule has 0 saturated heterocycles. The molecule has 5 heteroatoms. The third-order valence-corrected chi connectivity index (χ3v) is 2.94. The van der Waals surface area contributed by atoms with Crippen LogP contribution in [0.3, 0.4) is 0 Å². The normalized spacial score (nSPS) is 14.8. The largest absolute Gasteiger partial charge is 0.385 e. The maximum atomic E-state index is 9.92. The molecule has 2 unspecified atom stereocenters. The van der Waals surface area contributed by atoms with E-state index in [0.29, 0.717) is 18.3 Å². The van der Waals surface area contributed by atoms with Crippen LogP contribution in [0.25, 0.3) is 0 Å². The van der Waals surface area contributed by atoms with E-state index < -0.39 is 6.10 Å². The first-order valence-electron chi connectivity index (χ1n) is 5.92. The minimum Gasteiger partial charge on any atom is -0.385 e. The molecule has 5 nitrogen and oxygen atoms in total. The summed E-state index contributed by atoms with van der Waals surface area (Å²) in [5.41, 5.74) is 0.884. The summed E-state index contributed by atoms with van der Waals surface area (Å²) in [6.07, 6.45) is 6.20. The molecular formula is C12H18N4O. The van der Waals surface area contributed by atoms with Gasteiger partial charge in [0.2, 0.25) is 0 Å². The Balaban J connectivity index is 2.02. The summed E-state index contributed by atoms with van der Waals surface area (Å²) in [5.74, 6) is 0.586. The summed E-state index contributed by atoms with van der Waals surface area (Å²) < 4.78 is 1.93. The molecule has 0 aromatic carbocycles. The van der Waals surface area contributed by atoms with E-state index in [0.717, 1.165) is 12.1 Å². The minimum absolute atomic E-state index is 0.393. The summed E-state index contributed by atoms with van der Waals surface area (Å²) in [6, 6.07) is 2.34. The number of aliphatic hydroxyl groups is 1. The summed E-state index contributed by atoms with van der Waals surface area (Å²) in [5, 5.41) is 14.4. The van der Waals surface area contributed by atoms with Crippen LogP contribution < -0.4 is 0 Å². The number of aromatic amines is 1. The molecule has 17 heavy (non-hydrogen) atoms. The molecule has 2 rings (SSSR count). The highest BCUT2D eigenvalue weighted by atomic mass is 16.3. The van der Waals surface area contributed by atoms with Crippen LogP contribution in [0, 0.1) is 0 Å². The van der Waals surface area contributed by atoms with Crippen LogP contribution in [-0.4, -0.2) is 24.9 Å². The second-order valence-electron chi connectivity index (χ2n) is 4.24. The van der Waals surface area contributed by atoms with Gasteiger partial charge in [0, 0.05) is 31.1 Å². The quantitative estimate of drug-likeness (QED) is 0.829. The number of nitrogens with zero attached hydrogens (tertiary/aromatic N) is 3. The van der Waals surface area contributed by atoms with Crippen LogP contribution in [-0.2, 0) is 6.42 Å². The van der Waals surface area contributed by atoms with Gasteiger partial charge in [0.15, 0.2) is 0 Å². The van der Waals surface area contributed by atoms with Crippen molar-refractivity contribution in [3.05, 3.63) is 36.2 Å². The molecule has 92 valence electrons. The van der Waals surface area contributed by atoms with Gasteiger partial charge in [0.1, 0.15) is 11.9 Å². The molecule has 0 bridgehead atoms. The van der Waals surface area contributed by atoms with Crippen molar-refractivity contribution >= 4 is 0 Å². The van der Waals surface area contributed by atoms with E-state index >= 15 is 0 Å². The van der Waals surface area contributed by atoms with E-state index in [-0.39, 0.29) is 0 Å². The van der Waals surface area contributed by atoms with Crippen molar-refractivity contribution in [3.8, 4) is 0 Å². The van der Waals surface area contributed by atoms with Crippen LogP contribution in [0.2, 0.25) is 0 Å². The number of H-pyrrole nitrogens is 1. The minimum atomic E-state index is -0.620. The van der Waals surface area contributed by atoms with Gasteiger partial charge in [-0.25, -0.2) is 4.98 Å². The smallest absolute Gasteiger partial charge is 0.135 e. The third-order valence-electron chi connectivity index (χ3n) is 2.94. The van der Waals surface area contributed by atoms with Gasteiger partial charge in [-0.3, -0.25) is 4.68 Å². The molecule has 0 radical (unpaired) electrons. The zero-order valence-electron chi connectivity index (χ0n) is 10.2. The highest BCUT2D eigenvalue weighted by Gasteiger charge is 2.13. The van der Waals surface area contributed by atoms with Crippen LogP contribution in [0.4, 0.5) is 0 Å². The average Bonchev–Trinajstić information content (AvgIpc) is 2.98. The van der Waals surface area contributed by atoms with Gasteiger partial charge >= 0.3 is 0 Å². The van der Waals surface area contributed by atoms with Crippen LogP contribution >= 0.6 is 0 Å². The van der Waals surface area contributed by atoms with Crippen molar-refractivity contribution in [2.24, 2.45) is 0 Å². The van der Waals surface area contributed by atoms with Gasteiger partial charge in [-0.2, -0.15) is 5.10 Å². The Morgan fingerprint density at radius 2 is 2.35 bits per heavy atom. The molecule has 2 aromatic rings. The molecular weight excluding hydrogens is 216 g/mol. The first-order chi connectivity index (χ1) is 8.20. The molecule has 0 amide bonds. The number of rotatable bonds is 5. The number of imidazole rings is 1. The van der Waals surface area contributed by atoms with Crippen molar-refractivity contribution in [2.75, 3.05) is 0 Å². The monoisotopic (exact) mass is 234 g/mol. The SMILES string of the molecule is CCC(C)n1ccc(CC(O)c2ncc[nH]2)n1. The number of hydrogen-bond donors (Lipinski definition) is 2. The summed E-state index contributed by atoms with van der Waals surface area (Å²) >= 11 is 0. The van der Waals surface area contributed by atoms with Crippen molar-refractivity contribution in [3.63, 3.8) is 0 Å². The Bertz CT molecular complexity index is 449. The standard InChI is InChI=1S/C12H18N4O/c1-3-9(2)16-7-4-10(15-16)8-11(17)12-13-5-6-14-12/h4-7,9,11,17H,3,8H2,1-2H3,(H,13,14). The van der Waals surface area contributed by atoms with E-state index in [1.807, 2.05) is 16.9 Å². The Kier molecular flexibility index (Phi) is 3.58. The molecule has 0 saturated carbocycles. The molecule has 0 aliphatic carbocycles. The van der Waals surface area contributed by atoms with Crippen molar-refractivity contribution < 1.29 is 5.11 Å². The molecule has 2 heterocycles. The van der Waals surface area contributed by atoms with Gasteiger partial charge < -0.3 is 10.1 Å². The molecule has 2 aromatic heterocycles. The predicted octanol–water partition coefficient (Wildman–Crippen LogP) is 1.85. The summed E-state index contributed by atoms with van der Waals surface area (Å²) in [7, 11) is 0. The summed E-state index contributed by atoms with van der Waals surface area (Å²) in [4.78, 5) is 6.93. The molecule has 2 atom stereocenters. The molecule has 2 N–H and O–H groups in total. The zero-order valence-corrected chi connectivity index (χ0v) is 10.2. The molecule has 0 spiro atoms. The second-order valence-corrected chi connectivity index (χ2v) is 4.24. The van der Waals surface area contributed by atoms with Crippen LogP contribution in [0.1, 0.15) is 43.9 Å². The maximum absolute atomic E-state index is 9.92. The van der Waals surface area contributed by atoms with Crippen LogP contribution in [0.5, 0.6) is 0 Å².